The topological polar surface area (TPSA) is 93.0 Å². The minimum atomic E-state index is -0.273. The third kappa shape index (κ3) is 4.95. The maximum absolute atomic E-state index is 12.3. The Kier molecular flexibility index (Phi) is 7.54. The van der Waals surface area contributed by atoms with E-state index < -0.39 is 0 Å². The quantitative estimate of drug-likeness (QED) is 0.690. The van der Waals surface area contributed by atoms with Gasteiger partial charge in [0.2, 0.25) is 0 Å². The van der Waals surface area contributed by atoms with Crippen molar-refractivity contribution >= 4 is 39.9 Å². The zero-order chi connectivity index (χ0) is 16.1. The summed E-state index contributed by atoms with van der Waals surface area (Å²) in [4.78, 5) is 12.3. The molecule has 0 saturated heterocycles. The van der Waals surface area contributed by atoms with Crippen LogP contribution in [0.25, 0.3) is 0 Å². The van der Waals surface area contributed by atoms with Crippen molar-refractivity contribution in [3.63, 3.8) is 0 Å². The molecule has 2 rings (SSSR count). The maximum Gasteiger partial charge on any atom is 0.277 e. The van der Waals surface area contributed by atoms with Crippen molar-refractivity contribution in [1.82, 2.24) is 10.2 Å². The summed E-state index contributed by atoms with van der Waals surface area (Å²) in [5.74, 6) is 0.694. The number of aromatic nitrogens is 2. The maximum atomic E-state index is 12.3. The highest BCUT2D eigenvalue weighted by Gasteiger charge is 2.19. The number of benzene rings is 1. The molecule has 1 aromatic heterocycles. The van der Waals surface area contributed by atoms with E-state index >= 15 is 0 Å². The first-order valence-electron chi connectivity index (χ1n) is 7.01. The first kappa shape index (κ1) is 19.5. The number of nitrogens with one attached hydrogen (secondary N) is 2. The average molecular weight is 404 g/mol. The van der Waals surface area contributed by atoms with Gasteiger partial charge in [0.05, 0.1) is 10.2 Å². The highest BCUT2D eigenvalue weighted by atomic mass is 79.9. The fourth-order valence-corrected chi connectivity index (χ4v) is 2.69. The summed E-state index contributed by atoms with van der Waals surface area (Å²) in [7, 11) is 0. The third-order valence-corrected chi connectivity index (χ3v) is 3.83. The molecule has 0 aliphatic carbocycles. The van der Waals surface area contributed by atoms with Gasteiger partial charge in [-0.05, 0) is 46.1 Å². The second kappa shape index (κ2) is 8.90. The number of aromatic amines is 1. The largest absolute Gasteiger partial charge is 0.492 e. The Bertz CT molecular complexity index is 643. The van der Waals surface area contributed by atoms with Crippen molar-refractivity contribution in [3.8, 4) is 5.75 Å². The second-order valence-electron chi connectivity index (χ2n) is 5.07. The molecule has 126 valence electrons. The van der Waals surface area contributed by atoms with Crippen molar-refractivity contribution in [3.05, 3.63) is 40.1 Å². The van der Waals surface area contributed by atoms with Gasteiger partial charge in [-0.2, -0.15) is 5.10 Å². The molecule has 0 bridgehead atoms. The zero-order valence-electron chi connectivity index (χ0n) is 12.9. The van der Waals surface area contributed by atoms with E-state index in [1.54, 1.807) is 24.3 Å². The number of amides is 1. The first-order valence-corrected chi connectivity index (χ1v) is 7.80. The van der Waals surface area contributed by atoms with Crippen LogP contribution in [0.5, 0.6) is 5.75 Å². The van der Waals surface area contributed by atoms with Gasteiger partial charge in [0.1, 0.15) is 12.4 Å². The molecule has 2 aromatic rings. The molecular formula is C15H20BrClN4O2. The van der Waals surface area contributed by atoms with Crippen molar-refractivity contribution in [1.29, 1.82) is 0 Å². The molecule has 0 aliphatic rings. The number of H-pyrrole nitrogens is 1. The lowest BCUT2D eigenvalue weighted by molar-refractivity contribution is 0.102. The number of ether oxygens (including phenoxy) is 1. The van der Waals surface area contributed by atoms with Crippen LogP contribution in [0.3, 0.4) is 0 Å². The molecule has 23 heavy (non-hydrogen) atoms. The molecule has 1 aromatic carbocycles. The number of halogens is 2. The molecule has 0 unspecified atom stereocenters. The van der Waals surface area contributed by atoms with E-state index in [4.69, 9.17) is 10.5 Å². The Morgan fingerprint density at radius 3 is 2.57 bits per heavy atom. The van der Waals surface area contributed by atoms with Gasteiger partial charge in [0.25, 0.3) is 5.91 Å². The molecular weight excluding hydrogens is 384 g/mol. The number of nitrogens with two attached hydrogens (primary N) is 1. The minimum absolute atomic E-state index is 0. The zero-order valence-corrected chi connectivity index (χ0v) is 15.3. The molecule has 1 amide bonds. The molecule has 0 fully saturated rings. The van der Waals surface area contributed by atoms with Crippen LogP contribution in [0.2, 0.25) is 0 Å². The van der Waals surface area contributed by atoms with Gasteiger partial charge in [0, 0.05) is 12.2 Å². The number of rotatable bonds is 6. The summed E-state index contributed by atoms with van der Waals surface area (Å²) in [5.41, 5.74) is 7.29. The van der Waals surface area contributed by atoms with Crippen molar-refractivity contribution < 1.29 is 9.53 Å². The smallest absolute Gasteiger partial charge is 0.277 e. The van der Waals surface area contributed by atoms with Crippen LogP contribution in [-0.4, -0.2) is 29.3 Å². The van der Waals surface area contributed by atoms with Gasteiger partial charge in [-0.25, -0.2) is 0 Å². The summed E-state index contributed by atoms with van der Waals surface area (Å²) < 4.78 is 6.08. The molecule has 0 radical (unpaired) electrons. The summed E-state index contributed by atoms with van der Waals surface area (Å²) in [6.45, 7) is 4.98. The van der Waals surface area contributed by atoms with Crippen LogP contribution in [-0.2, 0) is 0 Å². The Morgan fingerprint density at radius 1 is 1.39 bits per heavy atom. The van der Waals surface area contributed by atoms with Crippen LogP contribution in [0.4, 0.5) is 5.69 Å². The van der Waals surface area contributed by atoms with Crippen LogP contribution < -0.4 is 15.8 Å². The molecule has 1 heterocycles. The standard InChI is InChI=1S/C15H19BrN4O2.ClH/c1-9(2)13-12(16)14(20-19-13)15(21)18-10-3-5-11(6-4-10)22-8-7-17;/h3-6,9H,7-8,17H2,1-2H3,(H,18,21)(H,19,20);1H. The van der Waals surface area contributed by atoms with Crippen LogP contribution in [0.15, 0.2) is 28.7 Å². The fraction of sp³-hybridized carbons (Fsp3) is 0.333. The summed E-state index contributed by atoms with van der Waals surface area (Å²) in [6.07, 6.45) is 0. The number of nitrogens with zero attached hydrogens (tertiary/aromatic N) is 1. The van der Waals surface area contributed by atoms with E-state index in [2.05, 4.69) is 31.4 Å². The lowest BCUT2D eigenvalue weighted by atomic mass is 10.1. The van der Waals surface area contributed by atoms with Gasteiger partial charge in [-0.3, -0.25) is 9.89 Å². The molecule has 8 heteroatoms. The molecule has 0 saturated carbocycles. The van der Waals surface area contributed by atoms with E-state index in [-0.39, 0.29) is 24.2 Å². The fourth-order valence-electron chi connectivity index (χ4n) is 1.88. The lowest BCUT2D eigenvalue weighted by Crippen LogP contribution is -2.13. The van der Waals surface area contributed by atoms with Gasteiger partial charge in [0.15, 0.2) is 5.69 Å². The number of anilines is 1. The lowest BCUT2D eigenvalue weighted by Gasteiger charge is -2.07. The molecule has 0 aliphatic heterocycles. The Balaban J connectivity index is 0.00000264. The van der Waals surface area contributed by atoms with E-state index in [1.807, 2.05) is 13.8 Å². The monoisotopic (exact) mass is 402 g/mol. The summed E-state index contributed by atoms with van der Waals surface area (Å²) >= 11 is 3.42. The molecule has 4 N–H and O–H groups in total. The second-order valence-corrected chi connectivity index (χ2v) is 5.86. The van der Waals surface area contributed by atoms with Crippen LogP contribution >= 0.6 is 28.3 Å². The Morgan fingerprint density at radius 2 is 2.04 bits per heavy atom. The minimum Gasteiger partial charge on any atom is -0.492 e. The Labute approximate surface area is 149 Å². The Hall–Kier alpha value is -1.57. The predicted octanol–water partition coefficient (Wildman–Crippen LogP) is 3.31. The average Bonchev–Trinajstić information content (AvgIpc) is 2.88. The highest BCUT2D eigenvalue weighted by molar-refractivity contribution is 9.10. The SMILES string of the molecule is CC(C)c1[nH]nc(C(=O)Nc2ccc(OCCN)cc2)c1Br.Cl. The van der Waals surface area contributed by atoms with E-state index in [0.717, 1.165) is 5.69 Å². The summed E-state index contributed by atoms with van der Waals surface area (Å²) in [5, 5.41) is 9.75. The van der Waals surface area contributed by atoms with Crippen molar-refractivity contribution in [2.45, 2.75) is 19.8 Å². The third-order valence-electron chi connectivity index (χ3n) is 3.02. The predicted molar refractivity (Wildman–Crippen MR) is 96.6 cm³/mol. The number of carbonyl (C=O) groups excluding carboxylic acids is 1. The van der Waals surface area contributed by atoms with Crippen molar-refractivity contribution in [2.24, 2.45) is 5.73 Å². The van der Waals surface area contributed by atoms with Gasteiger partial charge >= 0.3 is 0 Å². The van der Waals surface area contributed by atoms with E-state index in [9.17, 15) is 4.79 Å². The van der Waals surface area contributed by atoms with Crippen LogP contribution in [0, 0.1) is 0 Å². The highest BCUT2D eigenvalue weighted by Crippen LogP contribution is 2.26. The van der Waals surface area contributed by atoms with Gasteiger partial charge < -0.3 is 15.8 Å². The molecule has 6 nitrogen and oxygen atoms in total. The number of hydrogen-bond donors (Lipinski definition) is 3. The van der Waals surface area contributed by atoms with E-state index in [0.29, 0.717) is 34.8 Å². The summed E-state index contributed by atoms with van der Waals surface area (Å²) in [6, 6.07) is 7.11. The van der Waals surface area contributed by atoms with Crippen molar-refractivity contribution in [2.75, 3.05) is 18.5 Å². The van der Waals surface area contributed by atoms with Gasteiger partial charge in [-0.15, -0.1) is 12.4 Å². The number of hydrogen-bond acceptors (Lipinski definition) is 4. The first-order chi connectivity index (χ1) is 10.5. The van der Waals surface area contributed by atoms with Gasteiger partial charge in [-0.1, -0.05) is 13.8 Å². The normalized spacial score (nSPS) is 10.3. The number of carbonyl (C=O) groups is 1. The molecule has 0 atom stereocenters. The van der Waals surface area contributed by atoms with E-state index in [1.165, 1.54) is 0 Å². The van der Waals surface area contributed by atoms with Crippen LogP contribution in [0.1, 0.15) is 35.9 Å². The molecule has 0 spiro atoms.